The maximum Gasteiger partial charge on any atom is 0.275 e. The van der Waals surface area contributed by atoms with E-state index < -0.39 is 0 Å². The Balaban J connectivity index is 1.93. The van der Waals surface area contributed by atoms with E-state index in [-0.39, 0.29) is 12.0 Å². The van der Waals surface area contributed by atoms with Gasteiger partial charge in [-0.25, -0.2) is 5.84 Å². The molecule has 16 heavy (non-hydrogen) atoms. The lowest BCUT2D eigenvalue weighted by Crippen LogP contribution is -2.30. The fraction of sp³-hybridized carbons (Fsp3) is 0.500. The van der Waals surface area contributed by atoms with Crippen molar-refractivity contribution in [3.8, 4) is 0 Å². The minimum absolute atomic E-state index is 0.147. The number of rotatable bonds is 4. The van der Waals surface area contributed by atoms with Crippen LogP contribution in [-0.2, 0) is 16.1 Å². The van der Waals surface area contributed by atoms with E-state index in [1.165, 1.54) is 11.3 Å². The number of hydrogen-bond donors (Lipinski definition) is 2. The number of hydrazine groups is 1. The van der Waals surface area contributed by atoms with Crippen molar-refractivity contribution in [3.63, 3.8) is 0 Å². The van der Waals surface area contributed by atoms with Crippen LogP contribution in [0.25, 0.3) is 0 Å². The van der Waals surface area contributed by atoms with Crippen LogP contribution in [-0.4, -0.2) is 25.2 Å². The number of hydrogen-bond acceptors (Lipinski definition) is 5. The standard InChI is InChI=1S/C10H14N2O3S/c11-12-10(13)9-7(2-4-16-9)5-15-8-1-3-14-6-8/h2,4,8H,1,3,5-6,11H2,(H,12,13). The Bertz CT molecular complexity index is 361. The molecule has 1 aromatic rings. The fourth-order valence-electron chi connectivity index (χ4n) is 1.57. The van der Waals surface area contributed by atoms with Crippen LogP contribution in [0.2, 0.25) is 0 Å². The Morgan fingerprint density at radius 3 is 3.31 bits per heavy atom. The highest BCUT2D eigenvalue weighted by Crippen LogP contribution is 2.19. The summed E-state index contributed by atoms with van der Waals surface area (Å²) < 4.78 is 10.8. The van der Waals surface area contributed by atoms with Gasteiger partial charge in [0, 0.05) is 12.2 Å². The number of ether oxygens (including phenoxy) is 2. The molecule has 6 heteroatoms. The van der Waals surface area contributed by atoms with Crippen LogP contribution in [0, 0.1) is 0 Å². The summed E-state index contributed by atoms with van der Waals surface area (Å²) in [4.78, 5) is 12.0. The second kappa shape index (κ2) is 5.40. The first-order valence-corrected chi connectivity index (χ1v) is 5.96. The minimum Gasteiger partial charge on any atom is -0.379 e. The number of nitrogen functional groups attached to an aromatic ring is 1. The lowest BCUT2D eigenvalue weighted by Gasteiger charge is -2.09. The topological polar surface area (TPSA) is 73.6 Å². The minimum atomic E-state index is -0.267. The summed E-state index contributed by atoms with van der Waals surface area (Å²) in [6.07, 6.45) is 1.07. The van der Waals surface area contributed by atoms with E-state index in [2.05, 4.69) is 5.43 Å². The Labute approximate surface area is 97.5 Å². The molecular weight excluding hydrogens is 228 g/mol. The van der Waals surface area contributed by atoms with Crippen LogP contribution >= 0.6 is 11.3 Å². The predicted octanol–water partition coefficient (Wildman–Crippen LogP) is 0.657. The van der Waals surface area contributed by atoms with E-state index in [9.17, 15) is 4.79 Å². The zero-order chi connectivity index (χ0) is 11.4. The van der Waals surface area contributed by atoms with Crippen molar-refractivity contribution in [2.75, 3.05) is 13.2 Å². The molecular formula is C10H14N2O3S. The third-order valence-corrected chi connectivity index (χ3v) is 3.40. The van der Waals surface area contributed by atoms with Gasteiger partial charge in [0.1, 0.15) is 0 Å². The van der Waals surface area contributed by atoms with Crippen molar-refractivity contribution in [1.82, 2.24) is 5.43 Å². The van der Waals surface area contributed by atoms with Gasteiger partial charge in [-0.3, -0.25) is 10.2 Å². The van der Waals surface area contributed by atoms with Crippen molar-refractivity contribution in [3.05, 3.63) is 21.9 Å². The molecule has 1 amide bonds. The maximum atomic E-state index is 11.4. The molecule has 3 N–H and O–H groups in total. The lowest BCUT2D eigenvalue weighted by atomic mass is 10.2. The van der Waals surface area contributed by atoms with Gasteiger partial charge in [-0.2, -0.15) is 0 Å². The predicted molar refractivity (Wildman–Crippen MR) is 60.0 cm³/mol. The number of nitrogens with one attached hydrogen (secondary N) is 1. The highest BCUT2D eigenvalue weighted by atomic mass is 32.1. The molecule has 0 aliphatic carbocycles. The van der Waals surface area contributed by atoms with Gasteiger partial charge in [0.15, 0.2) is 0 Å². The first-order valence-electron chi connectivity index (χ1n) is 5.08. The van der Waals surface area contributed by atoms with Gasteiger partial charge in [0.25, 0.3) is 5.91 Å². The highest BCUT2D eigenvalue weighted by molar-refractivity contribution is 7.12. The maximum absolute atomic E-state index is 11.4. The summed E-state index contributed by atoms with van der Waals surface area (Å²) in [6, 6.07) is 1.88. The van der Waals surface area contributed by atoms with Crippen LogP contribution in [0.1, 0.15) is 21.7 Å². The first-order chi connectivity index (χ1) is 7.81. The Morgan fingerprint density at radius 2 is 2.62 bits per heavy atom. The van der Waals surface area contributed by atoms with E-state index >= 15 is 0 Å². The van der Waals surface area contributed by atoms with Gasteiger partial charge in [-0.05, 0) is 17.9 Å². The van der Waals surface area contributed by atoms with E-state index in [0.717, 1.165) is 18.6 Å². The zero-order valence-corrected chi connectivity index (χ0v) is 9.59. The zero-order valence-electron chi connectivity index (χ0n) is 8.77. The van der Waals surface area contributed by atoms with Crippen LogP contribution in [0.4, 0.5) is 0 Å². The summed E-state index contributed by atoms with van der Waals surface area (Å²) in [5, 5.41) is 1.86. The van der Waals surface area contributed by atoms with Crippen molar-refractivity contribution >= 4 is 17.2 Å². The van der Waals surface area contributed by atoms with Gasteiger partial charge in [0.05, 0.1) is 24.2 Å². The molecule has 1 atom stereocenters. The number of nitrogens with two attached hydrogens (primary N) is 1. The number of thiophene rings is 1. The van der Waals surface area contributed by atoms with E-state index in [0.29, 0.717) is 18.1 Å². The molecule has 2 rings (SSSR count). The second-order valence-corrected chi connectivity index (χ2v) is 4.46. The normalized spacial score (nSPS) is 19.9. The van der Waals surface area contributed by atoms with E-state index in [4.69, 9.17) is 15.3 Å². The van der Waals surface area contributed by atoms with Crippen molar-refractivity contribution in [1.29, 1.82) is 0 Å². The molecule has 1 saturated heterocycles. The lowest BCUT2D eigenvalue weighted by molar-refractivity contribution is 0.0315. The van der Waals surface area contributed by atoms with E-state index in [1.807, 2.05) is 11.4 Å². The number of carbonyl (C=O) groups is 1. The van der Waals surface area contributed by atoms with Crippen LogP contribution in [0.15, 0.2) is 11.4 Å². The van der Waals surface area contributed by atoms with Crippen molar-refractivity contribution in [2.24, 2.45) is 5.84 Å². The molecule has 1 fully saturated rings. The molecule has 0 aromatic carbocycles. The van der Waals surface area contributed by atoms with Gasteiger partial charge in [-0.1, -0.05) is 0 Å². The van der Waals surface area contributed by atoms with Gasteiger partial charge in [0.2, 0.25) is 0 Å². The van der Waals surface area contributed by atoms with Crippen LogP contribution in [0.5, 0.6) is 0 Å². The van der Waals surface area contributed by atoms with E-state index in [1.54, 1.807) is 0 Å². The largest absolute Gasteiger partial charge is 0.379 e. The molecule has 1 aliphatic heterocycles. The number of amides is 1. The highest BCUT2D eigenvalue weighted by Gasteiger charge is 2.18. The van der Waals surface area contributed by atoms with Crippen molar-refractivity contribution < 1.29 is 14.3 Å². The Morgan fingerprint density at radius 1 is 1.75 bits per heavy atom. The third kappa shape index (κ3) is 2.59. The molecule has 2 heterocycles. The van der Waals surface area contributed by atoms with Gasteiger partial charge in [-0.15, -0.1) is 11.3 Å². The summed E-state index contributed by atoms with van der Waals surface area (Å²) >= 11 is 1.36. The quantitative estimate of drug-likeness (QED) is 0.462. The summed E-state index contributed by atoms with van der Waals surface area (Å²) in [6.45, 7) is 1.83. The second-order valence-electron chi connectivity index (χ2n) is 3.55. The molecule has 0 saturated carbocycles. The molecule has 1 aromatic heterocycles. The molecule has 0 radical (unpaired) electrons. The smallest absolute Gasteiger partial charge is 0.275 e. The molecule has 0 bridgehead atoms. The number of carbonyl (C=O) groups excluding carboxylic acids is 1. The molecule has 0 spiro atoms. The summed E-state index contributed by atoms with van der Waals surface area (Å²) in [5.74, 6) is 4.83. The Kier molecular flexibility index (Phi) is 3.89. The average molecular weight is 242 g/mol. The molecule has 5 nitrogen and oxygen atoms in total. The van der Waals surface area contributed by atoms with Crippen LogP contribution in [0.3, 0.4) is 0 Å². The van der Waals surface area contributed by atoms with Crippen molar-refractivity contribution in [2.45, 2.75) is 19.1 Å². The van der Waals surface area contributed by atoms with Gasteiger partial charge < -0.3 is 9.47 Å². The fourth-order valence-corrected chi connectivity index (χ4v) is 2.38. The van der Waals surface area contributed by atoms with Crippen LogP contribution < -0.4 is 11.3 Å². The first kappa shape index (κ1) is 11.5. The average Bonchev–Trinajstić information content (AvgIpc) is 2.96. The monoisotopic (exact) mass is 242 g/mol. The third-order valence-electron chi connectivity index (χ3n) is 2.45. The summed E-state index contributed by atoms with van der Waals surface area (Å²) in [5.41, 5.74) is 3.00. The molecule has 1 aliphatic rings. The SMILES string of the molecule is NNC(=O)c1sccc1COC1CCOC1. The molecule has 1 unspecified atom stereocenters. The van der Waals surface area contributed by atoms with Gasteiger partial charge >= 0.3 is 0 Å². The molecule has 88 valence electrons. The summed E-state index contributed by atoms with van der Waals surface area (Å²) in [7, 11) is 0. The Hall–Kier alpha value is -0.950.